The topological polar surface area (TPSA) is 82.1 Å². The third kappa shape index (κ3) is 6.36. The van der Waals surface area contributed by atoms with Gasteiger partial charge in [0.2, 0.25) is 5.91 Å². The lowest BCUT2D eigenvalue weighted by atomic mass is 10.0. The molecule has 1 aliphatic rings. The average Bonchev–Trinajstić information content (AvgIpc) is 2.66. The first-order valence-corrected chi connectivity index (χ1v) is 9.42. The molecule has 0 aliphatic carbocycles. The van der Waals surface area contributed by atoms with Crippen molar-refractivity contribution in [3.05, 3.63) is 29.8 Å². The fourth-order valence-electron chi connectivity index (χ4n) is 3.66. The van der Waals surface area contributed by atoms with E-state index in [-0.39, 0.29) is 43.0 Å². The molecule has 0 bridgehead atoms. The fourth-order valence-corrected chi connectivity index (χ4v) is 3.66. The predicted octanol–water partition coefficient (Wildman–Crippen LogP) is 2.16. The molecule has 2 N–H and O–H groups in total. The number of rotatable bonds is 8. The SMILES string of the molecule is COc1ccccc1C(C)NC(=O)C(C)N1CCC(N(C)CC(=O)O)CC1.Cl. The van der Waals surface area contributed by atoms with Gasteiger partial charge in [0, 0.05) is 24.7 Å². The van der Waals surface area contributed by atoms with Crippen molar-refractivity contribution in [2.75, 3.05) is 33.8 Å². The highest BCUT2D eigenvalue weighted by molar-refractivity contribution is 5.85. The Balaban J connectivity index is 0.00000392. The largest absolute Gasteiger partial charge is 0.496 e. The van der Waals surface area contributed by atoms with Crippen molar-refractivity contribution >= 4 is 24.3 Å². The monoisotopic (exact) mass is 413 g/mol. The van der Waals surface area contributed by atoms with Crippen LogP contribution in [0.5, 0.6) is 5.75 Å². The Morgan fingerprint density at radius 1 is 1.29 bits per heavy atom. The molecule has 1 aromatic rings. The molecule has 158 valence electrons. The van der Waals surface area contributed by atoms with Gasteiger partial charge in [-0.1, -0.05) is 18.2 Å². The van der Waals surface area contributed by atoms with E-state index in [0.717, 1.165) is 37.2 Å². The molecule has 0 radical (unpaired) electrons. The van der Waals surface area contributed by atoms with Gasteiger partial charge in [0.25, 0.3) is 0 Å². The van der Waals surface area contributed by atoms with Gasteiger partial charge in [-0.3, -0.25) is 19.4 Å². The highest BCUT2D eigenvalue weighted by atomic mass is 35.5. The standard InChI is InChI=1S/C20H31N3O4.ClH/c1-14(17-7-5-6-8-18(17)27-4)21-20(26)15(2)23-11-9-16(10-12-23)22(3)13-19(24)25;/h5-8,14-16H,9-13H2,1-4H3,(H,21,26)(H,24,25);1H. The first kappa shape index (κ1) is 24.2. The molecule has 1 amide bonds. The lowest BCUT2D eigenvalue weighted by Crippen LogP contribution is -2.51. The first-order valence-electron chi connectivity index (χ1n) is 9.42. The van der Waals surface area contributed by atoms with Gasteiger partial charge in [-0.25, -0.2) is 0 Å². The number of likely N-dealkylation sites (N-methyl/N-ethyl adjacent to an activating group) is 1. The lowest BCUT2D eigenvalue weighted by Gasteiger charge is -2.38. The first-order chi connectivity index (χ1) is 12.8. The summed E-state index contributed by atoms with van der Waals surface area (Å²) in [5.41, 5.74) is 0.953. The van der Waals surface area contributed by atoms with Crippen LogP contribution in [0.3, 0.4) is 0 Å². The van der Waals surface area contributed by atoms with E-state index in [0.29, 0.717) is 0 Å². The van der Waals surface area contributed by atoms with Gasteiger partial charge in [0.15, 0.2) is 0 Å². The Labute approximate surface area is 173 Å². The van der Waals surface area contributed by atoms with Crippen LogP contribution in [0.2, 0.25) is 0 Å². The van der Waals surface area contributed by atoms with Crippen molar-refractivity contribution in [3.63, 3.8) is 0 Å². The summed E-state index contributed by atoms with van der Waals surface area (Å²) < 4.78 is 5.38. The summed E-state index contributed by atoms with van der Waals surface area (Å²) in [6.45, 7) is 5.50. The van der Waals surface area contributed by atoms with E-state index in [1.807, 2.05) is 50.1 Å². The molecule has 8 heteroatoms. The Morgan fingerprint density at radius 2 is 1.89 bits per heavy atom. The van der Waals surface area contributed by atoms with E-state index in [1.165, 1.54) is 0 Å². The summed E-state index contributed by atoms with van der Waals surface area (Å²) in [6.07, 6.45) is 1.73. The quantitative estimate of drug-likeness (QED) is 0.679. The number of likely N-dealkylation sites (tertiary alicyclic amines) is 1. The van der Waals surface area contributed by atoms with Crippen LogP contribution in [0.1, 0.15) is 38.3 Å². The van der Waals surface area contributed by atoms with Crippen molar-refractivity contribution in [1.29, 1.82) is 0 Å². The number of amides is 1. The molecule has 1 fully saturated rings. The second-order valence-electron chi connectivity index (χ2n) is 7.22. The van der Waals surface area contributed by atoms with Gasteiger partial charge in [-0.2, -0.15) is 0 Å². The average molecular weight is 414 g/mol. The van der Waals surface area contributed by atoms with E-state index in [9.17, 15) is 9.59 Å². The van der Waals surface area contributed by atoms with Gasteiger partial charge in [-0.05, 0) is 39.8 Å². The Bertz CT molecular complexity index is 650. The summed E-state index contributed by atoms with van der Waals surface area (Å²) in [4.78, 5) is 27.6. The molecule has 2 rings (SSSR count). The van der Waals surface area contributed by atoms with Crippen LogP contribution in [0.15, 0.2) is 24.3 Å². The minimum absolute atomic E-state index is 0. The van der Waals surface area contributed by atoms with Crippen molar-refractivity contribution in [3.8, 4) is 5.75 Å². The summed E-state index contributed by atoms with van der Waals surface area (Å²) in [7, 11) is 3.47. The maximum absolute atomic E-state index is 12.7. The van der Waals surface area contributed by atoms with Crippen LogP contribution in [-0.2, 0) is 9.59 Å². The number of carboxylic acid groups (broad SMARTS) is 1. The molecule has 1 aliphatic heterocycles. The molecule has 1 saturated heterocycles. The summed E-state index contributed by atoms with van der Waals surface area (Å²) in [5, 5.41) is 12.0. The maximum atomic E-state index is 12.7. The highest BCUT2D eigenvalue weighted by Gasteiger charge is 2.29. The Kier molecular flexibility index (Phi) is 9.72. The number of piperidine rings is 1. The minimum atomic E-state index is -0.807. The van der Waals surface area contributed by atoms with Crippen LogP contribution >= 0.6 is 12.4 Å². The van der Waals surface area contributed by atoms with Gasteiger partial charge in [0.1, 0.15) is 5.75 Å². The van der Waals surface area contributed by atoms with Crippen LogP contribution in [0.4, 0.5) is 0 Å². The van der Waals surface area contributed by atoms with Gasteiger partial charge in [0.05, 0.1) is 25.7 Å². The number of methoxy groups -OCH3 is 1. The molecule has 2 atom stereocenters. The number of hydrogen-bond acceptors (Lipinski definition) is 5. The smallest absolute Gasteiger partial charge is 0.317 e. The number of nitrogens with one attached hydrogen (secondary N) is 1. The van der Waals surface area contributed by atoms with E-state index >= 15 is 0 Å². The number of carboxylic acids is 1. The molecular weight excluding hydrogens is 382 g/mol. The normalized spacial score (nSPS) is 17.5. The van der Waals surface area contributed by atoms with E-state index < -0.39 is 5.97 Å². The van der Waals surface area contributed by atoms with Crippen molar-refractivity contribution in [2.24, 2.45) is 0 Å². The number of carbonyl (C=O) groups excluding carboxylic acids is 1. The number of ether oxygens (including phenoxy) is 1. The second kappa shape index (κ2) is 11.2. The number of nitrogens with zero attached hydrogens (tertiary/aromatic N) is 2. The number of carbonyl (C=O) groups is 2. The minimum Gasteiger partial charge on any atom is -0.496 e. The van der Waals surface area contributed by atoms with Crippen LogP contribution in [-0.4, -0.2) is 72.7 Å². The fraction of sp³-hybridized carbons (Fsp3) is 0.600. The van der Waals surface area contributed by atoms with E-state index in [1.54, 1.807) is 7.11 Å². The Hall–Kier alpha value is -1.83. The maximum Gasteiger partial charge on any atom is 0.317 e. The molecule has 0 saturated carbocycles. The van der Waals surface area contributed by atoms with Crippen molar-refractivity contribution in [1.82, 2.24) is 15.1 Å². The highest BCUT2D eigenvalue weighted by Crippen LogP contribution is 2.25. The summed E-state index contributed by atoms with van der Waals surface area (Å²) >= 11 is 0. The zero-order chi connectivity index (χ0) is 20.0. The molecular formula is C20H32ClN3O4. The number of aliphatic carboxylic acids is 1. The van der Waals surface area contributed by atoms with Crippen molar-refractivity contribution in [2.45, 2.75) is 44.8 Å². The number of benzene rings is 1. The van der Waals surface area contributed by atoms with Crippen LogP contribution in [0.25, 0.3) is 0 Å². The molecule has 1 aromatic carbocycles. The molecule has 28 heavy (non-hydrogen) atoms. The van der Waals surface area contributed by atoms with Gasteiger partial charge < -0.3 is 15.2 Å². The molecule has 0 aromatic heterocycles. The summed E-state index contributed by atoms with van der Waals surface area (Å²) in [5.74, 6) is -0.0519. The number of hydrogen-bond donors (Lipinski definition) is 2. The molecule has 2 unspecified atom stereocenters. The third-order valence-corrected chi connectivity index (χ3v) is 5.40. The number of halogens is 1. The second-order valence-corrected chi connectivity index (χ2v) is 7.22. The summed E-state index contributed by atoms with van der Waals surface area (Å²) in [6, 6.07) is 7.56. The van der Waals surface area contributed by atoms with E-state index in [2.05, 4.69) is 10.2 Å². The van der Waals surface area contributed by atoms with Crippen LogP contribution < -0.4 is 10.1 Å². The predicted molar refractivity (Wildman–Crippen MR) is 111 cm³/mol. The molecule has 7 nitrogen and oxygen atoms in total. The Morgan fingerprint density at radius 3 is 2.46 bits per heavy atom. The van der Waals surface area contributed by atoms with Gasteiger partial charge >= 0.3 is 5.97 Å². The van der Waals surface area contributed by atoms with E-state index in [4.69, 9.17) is 9.84 Å². The zero-order valence-corrected chi connectivity index (χ0v) is 17.9. The third-order valence-electron chi connectivity index (χ3n) is 5.40. The van der Waals surface area contributed by atoms with Gasteiger partial charge in [-0.15, -0.1) is 12.4 Å². The molecule has 0 spiro atoms. The molecule has 1 heterocycles. The lowest BCUT2D eigenvalue weighted by molar-refractivity contribution is -0.138. The zero-order valence-electron chi connectivity index (χ0n) is 17.1. The van der Waals surface area contributed by atoms with Crippen LogP contribution in [0, 0.1) is 0 Å². The number of para-hydroxylation sites is 1. The van der Waals surface area contributed by atoms with Crippen molar-refractivity contribution < 1.29 is 19.4 Å².